The predicted octanol–water partition coefficient (Wildman–Crippen LogP) is 2.50. The molecule has 6 nitrogen and oxygen atoms in total. The predicted molar refractivity (Wildman–Crippen MR) is 88.2 cm³/mol. The molecule has 0 aliphatic heterocycles. The highest BCUT2D eigenvalue weighted by Gasteiger charge is 2.12. The van der Waals surface area contributed by atoms with E-state index in [1.165, 1.54) is 12.6 Å². The molecule has 0 radical (unpaired) electrons. The van der Waals surface area contributed by atoms with Crippen molar-refractivity contribution in [2.75, 3.05) is 23.9 Å². The summed E-state index contributed by atoms with van der Waals surface area (Å²) in [5.41, 5.74) is 2.28. The fraction of sp³-hybridized carbons (Fsp3) is 0.286. The molecule has 0 atom stereocenters. The number of benzene rings is 1. The molecule has 1 aromatic carbocycles. The molecule has 0 saturated heterocycles. The fourth-order valence-corrected chi connectivity index (χ4v) is 3.33. The molecule has 0 unspecified atom stereocenters. The van der Waals surface area contributed by atoms with E-state index in [9.17, 15) is 8.42 Å². The van der Waals surface area contributed by atoms with E-state index in [0.29, 0.717) is 28.1 Å². The Bertz CT molecular complexity index is 793. The van der Waals surface area contributed by atoms with E-state index in [1.807, 2.05) is 6.07 Å². The van der Waals surface area contributed by atoms with Crippen LogP contribution in [0.15, 0.2) is 29.4 Å². The van der Waals surface area contributed by atoms with Gasteiger partial charge in [0.05, 0.1) is 4.90 Å². The maximum atomic E-state index is 11.6. The Balaban J connectivity index is 2.20. The number of hydrogen-bond acceptors (Lipinski definition) is 6. The van der Waals surface area contributed by atoms with Crippen LogP contribution in [0.5, 0.6) is 0 Å². The number of hydrogen-bond donors (Lipinski definition) is 2. The van der Waals surface area contributed by atoms with E-state index in [1.54, 1.807) is 26.1 Å². The molecule has 2 rings (SSSR count). The highest BCUT2D eigenvalue weighted by Crippen LogP contribution is 2.26. The first-order valence-electron chi connectivity index (χ1n) is 6.54. The van der Waals surface area contributed by atoms with Gasteiger partial charge in [-0.25, -0.2) is 18.4 Å². The highest BCUT2D eigenvalue weighted by atomic mass is 35.5. The molecule has 0 aliphatic rings. The first-order chi connectivity index (χ1) is 10.3. The molecule has 0 saturated carbocycles. The van der Waals surface area contributed by atoms with E-state index in [4.69, 9.17) is 11.6 Å². The van der Waals surface area contributed by atoms with Gasteiger partial charge in [0.15, 0.2) is 20.8 Å². The zero-order valence-corrected chi connectivity index (χ0v) is 14.1. The minimum Gasteiger partial charge on any atom is -0.383 e. The van der Waals surface area contributed by atoms with Gasteiger partial charge in [0.2, 0.25) is 0 Å². The maximum Gasteiger partial charge on any atom is 0.175 e. The smallest absolute Gasteiger partial charge is 0.175 e. The summed E-state index contributed by atoms with van der Waals surface area (Å²) in [4.78, 5) is 8.39. The lowest BCUT2D eigenvalue weighted by molar-refractivity contribution is 0.601. The molecule has 2 N–H and O–H groups in total. The third kappa shape index (κ3) is 3.66. The summed E-state index contributed by atoms with van der Waals surface area (Å²) in [6, 6.07) is 5.23. The molecule has 8 heteroatoms. The van der Waals surface area contributed by atoms with E-state index in [-0.39, 0.29) is 0 Å². The summed E-state index contributed by atoms with van der Waals surface area (Å²) in [6.45, 7) is 2.27. The lowest BCUT2D eigenvalue weighted by atomic mass is 10.1. The van der Waals surface area contributed by atoms with Gasteiger partial charge in [0.25, 0.3) is 0 Å². The zero-order valence-electron chi connectivity index (χ0n) is 12.5. The van der Waals surface area contributed by atoms with Gasteiger partial charge in [0.1, 0.15) is 12.0 Å². The van der Waals surface area contributed by atoms with Crippen molar-refractivity contribution in [3.05, 3.63) is 40.8 Å². The van der Waals surface area contributed by atoms with E-state index < -0.39 is 9.84 Å². The van der Waals surface area contributed by atoms with Crippen LogP contribution in [0.1, 0.15) is 11.1 Å². The number of anilines is 2. The molecule has 1 aromatic heterocycles. The summed E-state index contributed by atoms with van der Waals surface area (Å²) >= 11 is 5.99. The topological polar surface area (TPSA) is 84.0 Å². The van der Waals surface area contributed by atoms with Crippen molar-refractivity contribution in [3.8, 4) is 0 Å². The fourth-order valence-electron chi connectivity index (χ4n) is 2.14. The summed E-state index contributed by atoms with van der Waals surface area (Å²) in [7, 11) is -1.47. The second-order valence-electron chi connectivity index (χ2n) is 4.86. The van der Waals surface area contributed by atoms with Gasteiger partial charge in [-0.05, 0) is 24.1 Å². The van der Waals surface area contributed by atoms with Gasteiger partial charge in [-0.1, -0.05) is 23.7 Å². The van der Waals surface area contributed by atoms with Crippen LogP contribution in [0.4, 0.5) is 11.5 Å². The molecule has 0 spiro atoms. The third-order valence-electron chi connectivity index (χ3n) is 3.15. The Morgan fingerprint density at radius 2 is 2.00 bits per heavy atom. The molecule has 1 heterocycles. The summed E-state index contributed by atoms with van der Waals surface area (Å²) in [5.74, 6) is 0.590. The van der Waals surface area contributed by atoms with Crippen LogP contribution < -0.4 is 10.6 Å². The van der Waals surface area contributed by atoms with Crippen LogP contribution in [0.2, 0.25) is 5.15 Å². The van der Waals surface area contributed by atoms with Crippen molar-refractivity contribution < 1.29 is 8.42 Å². The Labute approximate surface area is 134 Å². The van der Waals surface area contributed by atoms with Crippen LogP contribution in [-0.4, -0.2) is 31.7 Å². The zero-order chi connectivity index (χ0) is 16.3. The molecule has 2 aromatic rings. The molecule has 0 bridgehead atoms. The largest absolute Gasteiger partial charge is 0.383 e. The molecule has 0 amide bonds. The number of nitrogens with one attached hydrogen (secondary N) is 2. The van der Waals surface area contributed by atoms with E-state index in [2.05, 4.69) is 20.6 Å². The van der Waals surface area contributed by atoms with Gasteiger partial charge in [0, 0.05) is 19.8 Å². The van der Waals surface area contributed by atoms with Crippen LogP contribution >= 0.6 is 11.6 Å². The van der Waals surface area contributed by atoms with Crippen molar-refractivity contribution in [1.82, 2.24) is 9.97 Å². The number of sulfone groups is 1. The second-order valence-corrected chi connectivity index (χ2v) is 7.21. The third-order valence-corrected chi connectivity index (χ3v) is 4.69. The summed E-state index contributed by atoms with van der Waals surface area (Å²) < 4.78 is 23.2. The number of halogens is 1. The number of aryl methyl sites for hydroxylation is 1. The van der Waals surface area contributed by atoms with Crippen molar-refractivity contribution in [1.29, 1.82) is 0 Å². The number of rotatable bonds is 5. The Kier molecular flexibility index (Phi) is 4.87. The van der Waals surface area contributed by atoms with Crippen molar-refractivity contribution in [2.24, 2.45) is 0 Å². The van der Waals surface area contributed by atoms with Gasteiger partial charge < -0.3 is 10.6 Å². The summed E-state index contributed by atoms with van der Waals surface area (Å²) in [5, 5.41) is 6.44. The Morgan fingerprint density at radius 3 is 2.59 bits per heavy atom. The first kappa shape index (κ1) is 16.5. The van der Waals surface area contributed by atoms with E-state index in [0.717, 1.165) is 11.1 Å². The van der Waals surface area contributed by atoms with Crippen molar-refractivity contribution in [3.63, 3.8) is 0 Å². The Morgan fingerprint density at radius 1 is 1.27 bits per heavy atom. The lowest BCUT2D eigenvalue weighted by Crippen LogP contribution is -2.07. The summed E-state index contributed by atoms with van der Waals surface area (Å²) in [6.07, 6.45) is 2.58. The van der Waals surface area contributed by atoms with Crippen LogP contribution in [0.3, 0.4) is 0 Å². The van der Waals surface area contributed by atoms with Crippen LogP contribution in [0.25, 0.3) is 0 Å². The maximum absolute atomic E-state index is 11.6. The lowest BCUT2D eigenvalue weighted by Gasteiger charge is -2.12. The molecule has 118 valence electrons. The van der Waals surface area contributed by atoms with Gasteiger partial charge in [-0.2, -0.15) is 0 Å². The second kappa shape index (κ2) is 6.50. The van der Waals surface area contributed by atoms with E-state index >= 15 is 0 Å². The molecule has 0 fully saturated rings. The standard InChI is InChI=1S/C14H17ClN4O2S/c1-9-6-10(4-5-11(9)22(3,20)21)7-17-14-12(16-2)13(15)18-8-19-14/h4-6,8,16H,7H2,1-3H3,(H,17,18,19). The number of aromatic nitrogens is 2. The van der Waals surface area contributed by atoms with Crippen molar-refractivity contribution in [2.45, 2.75) is 18.4 Å². The van der Waals surface area contributed by atoms with Crippen LogP contribution in [-0.2, 0) is 16.4 Å². The van der Waals surface area contributed by atoms with Crippen molar-refractivity contribution >= 4 is 32.9 Å². The monoisotopic (exact) mass is 340 g/mol. The average Bonchev–Trinajstić information content (AvgIpc) is 2.43. The minimum absolute atomic E-state index is 0.337. The first-order valence-corrected chi connectivity index (χ1v) is 8.81. The SMILES string of the molecule is CNc1c(Cl)ncnc1NCc1ccc(S(C)(=O)=O)c(C)c1. The normalized spacial score (nSPS) is 11.3. The van der Waals surface area contributed by atoms with Crippen LogP contribution in [0, 0.1) is 6.92 Å². The van der Waals surface area contributed by atoms with Gasteiger partial charge >= 0.3 is 0 Å². The molecular weight excluding hydrogens is 324 g/mol. The van der Waals surface area contributed by atoms with Gasteiger partial charge in [-0.15, -0.1) is 0 Å². The van der Waals surface area contributed by atoms with Gasteiger partial charge in [-0.3, -0.25) is 0 Å². The molecular formula is C14H17ClN4O2S. The molecule has 0 aliphatic carbocycles. The Hall–Kier alpha value is -1.86. The average molecular weight is 341 g/mol. The number of nitrogens with zero attached hydrogens (tertiary/aromatic N) is 2. The quantitative estimate of drug-likeness (QED) is 0.813. The highest BCUT2D eigenvalue weighted by molar-refractivity contribution is 7.90. The molecule has 22 heavy (non-hydrogen) atoms. The minimum atomic E-state index is -3.20.